The van der Waals surface area contributed by atoms with Crippen molar-refractivity contribution in [1.82, 2.24) is 14.8 Å². The minimum atomic E-state index is -0.479. The summed E-state index contributed by atoms with van der Waals surface area (Å²) in [5.74, 6) is 1.94. The lowest BCUT2D eigenvalue weighted by Gasteiger charge is -2.40. The first-order valence-corrected chi connectivity index (χ1v) is 9.21. The molecule has 2 aliphatic heterocycles. The molecule has 3 heterocycles. The van der Waals surface area contributed by atoms with Gasteiger partial charge in [0.05, 0.1) is 13.7 Å². The summed E-state index contributed by atoms with van der Waals surface area (Å²) < 4.78 is 11.0. The third kappa shape index (κ3) is 2.97. The molecule has 0 spiro atoms. The number of benzene rings is 1. The number of carbonyl (C=O) groups excluding carboxylic acids is 2. The van der Waals surface area contributed by atoms with Gasteiger partial charge in [0.25, 0.3) is 0 Å². The van der Waals surface area contributed by atoms with E-state index in [1.807, 2.05) is 31.2 Å². The fourth-order valence-corrected chi connectivity index (χ4v) is 3.85. The molecule has 1 aromatic carbocycles. The van der Waals surface area contributed by atoms with Crippen molar-refractivity contribution < 1.29 is 18.7 Å². The second-order valence-corrected chi connectivity index (χ2v) is 7.08. The number of hydrogen-bond donors (Lipinski definition) is 0. The summed E-state index contributed by atoms with van der Waals surface area (Å²) in [6, 6.07) is 6.65. The van der Waals surface area contributed by atoms with Crippen LogP contribution >= 0.6 is 0 Å². The van der Waals surface area contributed by atoms with E-state index >= 15 is 0 Å². The zero-order valence-corrected chi connectivity index (χ0v) is 15.8. The normalized spacial score (nSPS) is 22.3. The van der Waals surface area contributed by atoms with Crippen LogP contribution in [0, 0.1) is 6.92 Å². The number of oxazole rings is 1. The van der Waals surface area contributed by atoms with Crippen molar-refractivity contribution in [1.29, 1.82) is 0 Å². The molecule has 0 aliphatic carbocycles. The molecule has 4 rings (SSSR count). The van der Waals surface area contributed by atoms with Crippen LogP contribution < -0.4 is 4.74 Å². The molecule has 2 aromatic rings. The molecular weight excluding hydrogens is 346 g/mol. The number of methoxy groups -OCH3 is 1. The van der Waals surface area contributed by atoms with Gasteiger partial charge in [-0.25, -0.2) is 4.98 Å². The van der Waals surface area contributed by atoms with Crippen molar-refractivity contribution in [2.45, 2.75) is 45.3 Å². The standard InChI is InChI=1S/C20H23N3O4/c1-12-19(24)22-10-4-5-17(22)20(25)23(12)11-16-13(2)27-18(21-16)14-6-8-15(26-3)9-7-14/h6-9,12,17H,4-5,10-11H2,1-3H3/t12-,17+/m0/s1. The molecule has 0 radical (unpaired) electrons. The topological polar surface area (TPSA) is 75.9 Å². The van der Waals surface area contributed by atoms with E-state index in [4.69, 9.17) is 9.15 Å². The fraction of sp³-hybridized carbons (Fsp3) is 0.450. The van der Waals surface area contributed by atoms with Gasteiger partial charge in [-0.1, -0.05) is 0 Å². The molecule has 2 amide bonds. The zero-order chi connectivity index (χ0) is 19.1. The Morgan fingerprint density at radius 2 is 1.96 bits per heavy atom. The van der Waals surface area contributed by atoms with E-state index in [0.29, 0.717) is 23.9 Å². The lowest BCUT2D eigenvalue weighted by Crippen LogP contribution is -2.61. The molecule has 2 saturated heterocycles. The molecule has 7 heteroatoms. The molecular formula is C20H23N3O4. The Morgan fingerprint density at radius 3 is 2.67 bits per heavy atom. The predicted molar refractivity (Wildman–Crippen MR) is 98.0 cm³/mol. The summed E-state index contributed by atoms with van der Waals surface area (Å²) in [7, 11) is 1.62. The molecule has 0 unspecified atom stereocenters. The average molecular weight is 369 g/mol. The van der Waals surface area contributed by atoms with E-state index in [1.54, 1.807) is 23.8 Å². The first kappa shape index (κ1) is 17.6. The average Bonchev–Trinajstić information content (AvgIpc) is 3.31. The maximum Gasteiger partial charge on any atom is 0.246 e. The Morgan fingerprint density at radius 1 is 1.22 bits per heavy atom. The highest BCUT2D eigenvalue weighted by Crippen LogP contribution is 2.29. The Balaban J connectivity index is 1.58. The first-order valence-electron chi connectivity index (χ1n) is 9.21. The van der Waals surface area contributed by atoms with Gasteiger partial charge in [-0.3, -0.25) is 9.59 Å². The van der Waals surface area contributed by atoms with Gasteiger partial charge in [0.15, 0.2) is 0 Å². The van der Waals surface area contributed by atoms with Crippen molar-refractivity contribution in [2.24, 2.45) is 0 Å². The number of amides is 2. The van der Waals surface area contributed by atoms with Gasteiger partial charge in [0, 0.05) is 12.1 Å². The number of carbonyl (C=O) groups is 2. The SMILES string of the molecule is COc1ccc(-c2nc(CN3C(=O)[C@H]4CCCN4C(=O)[C@@H]3C)c(C)o2)cc1. The first-order chi connectivity index (χ1) is 13.0. The molecule has 7 nitrogen and oxygen atoms in total. The Hall–Kier alpha value is -2.83. The van der Waals surface area contributed by atoms with Crippen LogP contribution in [0.5, 0.6) is 5.75 Å². The fourth-order valence-electron chi connectivity index (χ4n) is 3.85. The number of piperazine rings is 1. The van der Waals surface area contributed by atoms with Gasteiger partial charge < -0.3 is 19.0 Å². The number of aromatic nitrogens is 1. The molecule has 142 valence electrons. The van der Waals surface area contributed by atoms with Crippen LogP contribution in [0.4, 0.5) is 0 Å². The highest BCUT2D eigenvalue weighted by Gasteiger charge is 2.46. The molecule has 2 aliphatic rings. The van der Waals surface area contributed by atoms with E-state index < -0.39 is 6.04 Å². The van der Waals surface area contributed by atoms with Crippen molar-refractivity contribution in [3.63, 3.8) is 0 Å². The summed E-state index contributed by atoms with van der Waals surface area (Å²) >= 11 is 0. The largest absolute Gasteiger partial charge is 0.497 e. The van der Waals surface area contributed by atoms with Gasteiger partial charge >= 0.3 is 0 Å². The molecule has 1 aromatic heterocycles. The van der Waals surface area contributed by atoms with Crippen LogP contribution in [0.1, 0.15) is 31.2 Å². The van der Waals surface area contributed by atoms with Gasteiger partial charge in [-0.15, -0.1) is 0 Å². The van der Waals surface area contributed by atoms with Crippen LogP contribution in [0.2, 0.25) is 0 Å². The zero-order valence-electron chi connectivity index (χ0n) is 15.8. The molecule has 0 N–H and O–H groups in total. The number of hydrogen-bond acceptors (Lipinski definition) is 5. The monoisotopic (exact) mass is 369 g/mol. The van der Waals surface area contributed by atoms with E-state index in [1.165, 1.54) is 0 Å². The Bertz CT molecular complexity index is 874. The van der Waals surface area contributed by atoms with Crippen molar-refractivity contribution in [2.75, 3.05) is 13.7 Å². The predicted octanol–water partition coefficient (Wildman–Crippen LogP) is 2.38. The molecule has 2 fully saturated rings. The summed E-state index contributed by atoms with van der Waals surface area (Å²) in [5, 5.41) is 0. The van der Waals surface area contributed by atoms with E-state index in [2.05, 4.69) is 4.98 Å². The molecule has 27 heavy (non-hydrogen) atoms. The van der Waals surface area contributed by atoms with Crippen LogP contribution in [0.25, 0.3) is 11.5 Å². The highest BCUT2D eigenvalue weighted by molar-refractivity contribution is 5.97. The van der Waals surface area contributed by atoms with Crippen LogP contribution in [0.3, 0.4) is 0 Å². The van der Waals surface area contributed by atoms with Crippen LogP contribution in [-0.2, 0) is 16.1 Å². The second-order valence-electron chi connectivity index (χ2n) is 7.08. The van der Waals surface area contributed by atoms with Gasteiger partial charge in [-0.05, 0) is 51.0 Å². The highest BCUT2D eigenvalue weighted by atomic mass is 16.5. The van der Waals surface area contributed by atoms with E-state index in [9.17, 15) is 9.59 Å². The maximum absolute atomic E-state index is 12.9. The smallest absolute Gasteiger partial charge is 0.246 e. The quantitative estimate of drug-likeness (QED) is 0.827. The third-order valence-electron chi connectivity index (χ3n) is 5.48. The van der Waals surface area contributed by atoms with E-state index in [-0.39, 0.29) is 24.4 Å². The van der Waals surface area contributed by atoms with Crippen molar-refractivity contribution in [3.8, 4) is 17.2 Å². The number of ether oxygens (including phenoxy) is 1. The van der Waals surface area contributed by atoms with E-state index in [0.717, 1.165) is 24.2 Å². The summed E-state index contributed by atoms with van der Waals surface area (Å²) in [6.07, 6.45) is 1.62. The Labute approximate surface area is 157 Å². The number of aryl methyl sites for hydroxylation is 1. The molecule has 0 bridgehead atoms. The number of nitrogens with zero attached hydrogens (tertiary/aromatic N) is 3. The Kier molecular flexibility index (Phi) is 4.37. The van der Waals surface area contributed by atoms with Crippen LogP contribution in [-0.4, -0.2) is 52.3 Å². The molecule has 0 saturated carbocycles. The lowest BCUT2D eigenvalue weighted by atomic mass is 10.1. The summed E-state index contributed by atoms with van der Waals surface area (Å²) in [4.78, 5) is 33.4. The van der Waals surface area contributed by atoms with Gasteiger partial charge in [0.1, 0.15) is 29.3 Å². The molecule has 2 atom stereocenters. The number of rotatable bonds is 4. The van der Waals surface area contributed by atoms with Crippen molar-refractivity contribution >= 4 is 11.8 Å². The number of fused-ring (bicyclic) bond motifs is 1. The minimum Gasteiger partial charge on any atom is -0.497 e. The maximum atomic E-state index is 12.9. The van der Waals surface area contributed by atoms with Gasteiger partial charge in [-0.2, -0.15) is 0 Å². The minimum absolute atomic E-state index is 0.00741. The summed E-state index contributed by atoms with van der Waals surface area (Å²) in [5.41, 5.74) is 1.52. The summed E-state index contributed by atoms with van der Waals surface area (Å²) in [6.45, 7) is 4.58. The van der Waals surface area contributed by atoms with Crippen LogP contribution in [0.15, 0.2) is 28.7 Å². The second kappa shape index (κ2) is 6.72. The third-order valence-corrected chi connectivity index (χ3v) is 5.48. The van der Waals surface area contributed by atoms with Crippen molar-refractivity contribution in [3.05, 3.63) is 35.7 Å². The lowest BCUT2D eigenvalue weighted by molar-refractivity contribution is -0.159. The van der Waals surface area contributed by atoms with Gasteiger partial charge in [0.2, 0.25) is 17.7 Å².